The number of furan rings is 1. The van der Waals surface area contributed by atoms with E-state index in [1.807, 2.05) is 13.0 Å². The number of nitrogens with zero attached hydrogens (tertiary/aromatic N) is 4. The third-order valence-corrected chi connectivity index (χ3v) is 6.06. The first kappa shape index (κ1) is 24.8. The lowest BCUT2D eigenvalue weighted by Crippen LogP contribution is -2.13. The van der Waals surface area contributed by atoms with Gasteiger partial charge in [-0.3, -0.25) is 20.2 Å². The summed E-state index contributed by atoms with van der Waals surface area (Å²) in [6, 6.07) is 9.60. The summed E-state index contributed by atoms with van der Waals surface area (Å²) < 4.78 is 5.74. The molecule has 1 amide bonds. The van der Waals surface area contributed by atoms with Crippen LogP contribution in [0.25, 0.3) is 17.4 Å². The van der Waals surface area contributed by atoms with Crippen LogP contribution in [0.4, 0.5) is 10.8 Å². The Hall–Kier alpha value is -3.84. The Morgan fingerprint density at radius 1 is 1.24 bits per heavy atom. The summed E-state index contributed by atoms with van der Waals surface area (Å²) in [5, 5.41) is 32.4. The van der Waals surface area contributed by atoms with Gasteiger partial charge in [-0.1, -0.05) is 50.0 Å². The minimum atomic E-state index is -0.613. The van der Waals surface area contributed by atoms with E-state index in [9.17, 15) is 20.2 Å². The number of unbranched alkanes of at least 4 members (excludes halogenated alkanes) is 4. The fraction of sp³-hybridized carbons (Fsp3) is 0.333. The van der Waals surface area contributed by atoms with Crippen LogP contribution in [0.15, 0.2) is 40.3 Å². The van der Waals surface area contributed by atoms with E-state index in [0.717, 1.165) is 29.8 Å². The fourth-order valence-corrected chi connectivity index (χ4v) is 4.08. The van der Waals surface area contributed by atoms with Crippen molar-refractivity contribution in [3.05, 3.63) is 62.4 Å². The summed E-state index contributed by atoms with van der Waals surface area (Å²) in [5.74, 6) is 0.0631. The zero-order chi connectivity index (χ0) is 24.5. The Balaban J connectivity index is 1.67. The van der Waals surface area contributed by atoms with Crippen molar-refractivity contribution < 1.29 is 14.1 Å². The Kier molecular flexibility index (Phi) is 8.65. The fourth-order valence-electron chi connectivity index (χ4n) is 3.30. The number of nitro groups is 1. The highest BCUT2D eigenvalue weighted by molar-refractivity contribution is 7.15. The van der Waals surface area contributed by atoms with Gasteiger partial charge in [0.05, 0.1) is 4.92 Å². The SMILES string of the molecule is CCCCCCCc1nnc(NC(=O)/C(C#N)=C\c2ccc(-c3cc([N+](=O)[O-])ccc3C)o2)s1. The van der Waals surface area contributed by atoms with Crippen molar-refractivity contribution >= 4 is 34.1 Å². The number of carbonyl (C=O) groups is 1. The molecule has 176 valence electrons. The number of hydrogen-bond acceptors (Lipinski definition) is 8. The first-order valence-electron chi connectivity index (χ1n) is 11.0. The summed E-state index contributed by atoms with van der Waals surface area (Å²) in [6.45, 7) is 3.99. The lowest BCUT2D eigenvalue weighted by Gasteiger charge is -2.02. The molecular weight excluding hydrogens is 454 g/mol. The van der Waals surface area contributed by atoms with Crippen LogP contribution >= 0.6 is 11.3 Å². The first-order valence-corrected chi connectivity index (χ1v) is 11.8. The van der Waals surface area contributed by atoms with Gasteiger partial charge in [0.15, 0.2) is 0 Å². The number of rotatable bonds is 11. The molecule has 0 aliphatic rings. The Bertz CT molecular complexity index is 1240. The van der Waals surface area contributed by atoms with Crippen molar-refractivity contribution in [2.45, 2.75) is 52.4 Å². The smallest absolute Gasteiger partial charge is 0.270 e. The van der Waals surface area contributed by atoms with Gasteiger partial charge in [0, 0.05) is 30.2 Å². The summed E-state index contributed by atoms with van der Waals surface area (Å²) in [7, 11) is 0. The molecule has 10 heteroatoms. The lowest BCUT2D eigenvalue weighted by molar-refractivity contribution is -0.384. The predicted octanol–water partition coefficient (Wildman–Crippen LogP) is 6.07. The molecule has 0 bridgehead atoms. The average Bonchev–Trinajstić information content (AvgIpc) is 3.47. The van der Waals surface area contributed by atoms with Gasteiger partial charge in [0.1, 0.15) is 28.2 Å². The van der Waals surface area contributed by atoms with Gasteiger partial charge < -0.3 is 4.42 Å². The third kappa shape index (κ3) is 6.59. The molecule has 0 saturated heterocycles. The number of aryl methyl sites for hydroxylation is 2. The predicted molar refractivity (Wildman–Crippen MR) is 130 cm³/mol. The van der Waals surface area contributed by atoms with E-state index in [2.05, 4.69) is 22.4 Å². The second kappa shape index (κ2) is 11.9. The molecule has 3 rings (SSSR count). The van der Waals surface area contributed by atoms with Crippen LogP contribution in [0.3, 0.4) is 0 Å². The molecule has 1 N–H and O–H groups in total. The third-order valence-electron chi connectivity index (χ3n) is 5.16. The van der Waals surface area contributed by atoms with Crippen molar-refractivity contribution in [1.29, 1.82) is 5.26 Å². The molecule has 0 atom stereocenters. The molecule has 0 saturated carbocycles. The number of hydrogen-bond donors (Lipinski definition) is 1. The van der Waals surface area contributed by atoms with Crippen LogP contribution in [0, 0.1) is 28.4 Å². The van der Waals surface area contributed by atoms with Crippen molar-refractivity contribution in [2.24, 2.45) is 0 Å². The molecule has 2 heterocycles. The second-order valence-electron chi connectivity index (χ2n) is 7.75. The van der Waals surface area contributed by atoms with Gasteiger partial charge in [-0.05, 0) is 31.0 Å². The van der Waals surface area contributed by atoms with Crippen molar-refractivity contribution in [1.82, 2.24) is 10.2 Å². The van der Waals surface area contributed by atoms with E-state index >= 15 is 0 Å². The monoisotopic (exact) mass is 479 g/mol. The first-order chi connectivity index (χ1) is 16.4. The minimum Gasteiger partial charge on any atom is -0.457 e. The highest BCUT2D eigenvalue weighted by atomic mass is 32.1. The van der Waals surface area contributed by atoms with Gasteiger partial charge in [-0.15, -0.1) is 10.2 Å². The minimum absolute atomic E-state index is 0.0523. The molecule has 0 fully saturated rings. The molecule has 0 radical (unpaired) electrons. The molecule has 2 aromatic heterocycles. The molecule has 0 unspecified atom stereocenters. The van der Waals surface area contributed by atoms with E-state index in [4.69, 9.17) is 4.42 Å². The van der Waals surface area contributed by atoms with E-state index in [-0.39, 0.29) is 17.0 Å². The van der Waals surface area contributed by atoms with Crippen LogP contribution in [-0.4, -0.2) is 21.0 Å². The molecule has 0 aliphatic heterocycles. The van der Waals surface area contributed by atoms with Crippen molar-refractivity contribution in [3.63, 3.8) is 0 Å². The summed E-state index contributed by atoms with van der Waals surface area (Å²) in [5.41, 5.74) is 1.15. The van der Waals surface area contributed by atoms with E-state index in [1.54, 1.807) is 18.2 Å². The number of nitriles is 1. The maximum Gasteiger partial charge on any atom is 0.270 e. The highest BCUT2D eigenvalue weighted by Crippen LogP contribution is 2.30. The Morgan fingerprint density at radius 2 is 2.03 bits per heavy atom. The number of carbonyl (C=O) groups excluding carboxylic acids is 1. The summed E-state index contributed by atoms with van der Waals surface area (Å²) in [6.07, 6.45) is 7.91. The number of benzene rings is 1. The van der Waals surface area contributed by atoms with E-state index in [0.29, 0.717) is 16.5 Å². The number of aromatic nitrogens is 2. The van der Waals surface area contributed by atoms with Gasteiger partial charge in [-0.25, -0.2) is 0 Å². The quantitative estimate of drug-likeness (QED) is 0.116. The summed E-state index contributed by atoms with van der Waals surface area (Å²) >= 11 is 1.30. The zero-order valence-corrected chi connectivity index (χ0v) is 19.9. The second-order valence-corrected chi connectivity index (χ2v) is 8.81. The number of nitrogens with one attached hydrogen (secondary N) is 1. The van der Waals surface area contributed by atoms with Gasteiger partial charge in [-0.2, -0.15) is 5.26 Å². The maximum absolute atomic E-state index is 12.6. The number of nitro benzene ring substituents is 1. The van der Waals surface area contributed by atoms with Crippen molar-refractivity contribution in [3.8, 4) is 17.4 Å². The Morgan fingerprint density at radius 3 is 2.76 bits per heavy atom. The van der Waals surface area contributed by atoms with Crippen LogP contribution in [-0.2, 0) is 11.2 Å². The topological polar surface area (TPSA) is 135 Å². The van der Waals surface area contributed by atoms with Crippen LogP contribution < -0.4 is 5.32 Å². The molecule has 0 aliphatic carbocycles. The summed E-state index contributed by atoms with van der Waals surface area (Å²) in [4.78, 5) is 23.2. The molecule has 1 aromatic carbocycles. The molecule has 3 aromatic rings. The number of anilines is 1. The zero-order valence-electron chi connectivity index (χ0n) is 19.0. The average molecular weight is 480 g/mol. The highest BCUT2D eigenvalue weighted by Gasteiger charge is 2.16. The van der Waals surface area contributed by atoms with Gasteiger partial charge in [0.25, 0.3) is 11.6 Å². The standard InChI is InChI=1S/C24H25N5O4S/c1-3-4-5-6-7-8-22-27-28-24(34-22)26-23(30)17(15-25)13-19-11-12-21(33-19)20-14-18(29(31)32)10-9-16(20)2/h9-14H,3-8H2,1-2H3,(H,26,28,30)/b17-13-. The van der Waals surface area contributed by atoms with Crippen LogP contribution in [0.1, 0.15) is 55.4 Å². The number of amides is 1. The molecule has 34 heavy (non-hydrogen) atoms. The lowest BCUT2D eigenvalue weighted by atomic mass is 10.1. The van der Waals surface area contributed by atoms with Crippen LogP contribution in [0.2, 0.25) is 0 Å². The molecular formula is C24H25N5O4S. The van der Waals surface area contributed by atoms with E-state index in [1.165, 1.54) is 48.8 Å². The molecule has 0 spiro atoms. The van der Waals surface area contributed by atoms with Gasteiger partial charge in [0.2, 0.25) is 5.13 Å². The normalized spacial score (nSPS) is 11.3. The Labute approximate surface area is 201 Å². The molecule has 9 nitrogen and oxygen atoms in total. The van der Waals surface area contributed by atoms with E-state index < -0.39 is 10.8 Å². The van der Waals surface area contributed by atoms with Crippen LogP contribution in [0.5, 0.6) is 0 Å². The largest absolute Gasteiger partial charge is 0.457 e. The van der Waals surface area contributed by atoms with Gasteiger partial charge >= 0.3 is 0 Å². The van der Waals surface area contributed by atoms with Crippen molar-refractivity contribution in [2.75, 3.05) is 5.32 Å². The maximum atomic E-state index is 12.6. The number of non-ortho nitro benzene ring substituents is 1.